The Balaban J connectivity index is 2.12. The van der Waals surface area contributed by atoms with Gasteiger partial charge in [0.2, 0.25) is 0 Å². The van der Waals surface area contributed by atoms with E-state index in [1.807, 2.05) is 0 Å². The van der Waals surface area contributed by atoms with Crippen molar-refractivity contribution < 1.29 is 24.4 Å². The normalized spacial score (nSPS) is 22.4. The molecule has 106 valence electrons. The molecule has 1 fully saturated rings. The third-order valence-corrected chi connectivity index (χ3v) is 2.65. The van der Waals surface area contributed by atoms with Crippen molar-refractivity contribution in [3.05, 3.63) is 18.2 Å². The van der Waals surface area contributed by atoms with Gasteiger partial charge in [0, 0.05) is 23.5 Å². The topological polar surface area (TPSA) is 120 Å². The molecule has 0 amide bonds. The van der Waals surface area contributed by atoms with Crippen molar-refractivity contribution in [3.63, 3.8) is 0 Å². The van der Waals surface area contributed by atoms with E-state index in [1.165, 1.54) is 18.2 Å². The molecular weight excluding hydrogens is 252 g/mol. The van der Waals surface area contributed by atoms with Gasteiger partial charge in [-0.2, -0.15) is 0 Å². The highest BCUT2D eigenvalue weighted by molar-refractivity contribution is 5.56. The van der Waals surface area contributed by atoms with Crippen LogP contribution < -0.4 is 16.2 Å². The van der Waals surface area contributed by atoms with Crippen molar-refractivity contribution in [2.45, 2.75) is 31.7 Å². The van der Waals surface area contributed by atoms with Crippen LogP contribution in [0.25, 0.3) is 0 Å². The minimum absolute atomic E-state index is 0.00218. The number of hydrogen-bond donors (Lipinski definition) is 4. The van der Waals surface area contributed by atoms with Gasteiger partial charge in [-0.05, 0) is 19.9 Å². The monoisotopic (exact) mass is 270 g/mol. The van der Waals surface area contributed by atoms with E-state index in [-0.39, 0.29) is 12.4 Å². The molecular formula is C12H18N2O5. The summed E-state index contributed by atoms with van der Waals surface area (Å²) in [5, 5.41) is 19.9. The molecule has 19 heavy (non-hydrogen) atoms. The number of nitrogens with two attached hydrogens (primary N) is 2. The third-order valence-electron chi connectivity index (χ3n) is 2.65. The van der Waals surface area contributed by atoms with Crippen LogP contribution in [-0.2, 0) is 9.47 Å². The Bertz CT molecular complexity index is 455. The molecule has 7 nitrogen and oxygen atoms in total. The smallest absolute Gasteiger partial charge is 0.352 e. The van der Waals surface area contributed by atoms with E-state index in [0.717, 1.165) is 0 Å². The molecule has 0 bridgehead atoms. The lowest BCUT2D eigenvalue weighted by atomic mass is 10.2. The molecule has 1 saturated heterocycles. The van der Waals surface area contributed by atoms with E-state index in [9.17, 15) is 10.2 Å². The fourth-order valence-corrected chi connectivity index (χ4v) is 1.82. The zero-order valence-electron chi connectivity index (χ0n) is 10.8. The number of anilines is 2. The average molecular weight is 270 g/mol. The predicted molar refractivity (Wildman–Crippen MR) is 68.0 cm³/mol. The van der Waals surface area contributed by atoms with Crippen molar-refractivity contribution in [3.8, 4) is 5.75 Å². The van der Waals surface area contributed by atoms with Gasteiger partial charge in [0.15, 0.2) is 11.9 Å². The Labute approximate surface area is 110 Å². The molecule has 2 rings (SSSR count). The van der Waals surface area contributed by atoms with Gasteiger partial charge < -0.3 is 35.9 Å². The van der Waals surface area contributed by atoms with Gasteiger partial charge in [-0.25, -0.2) is 0 Å². The number of ether oxygens (including phenoxy) is 3. The molecule has 1 heterocycles. The Hall–Kier alpha value is -1.54. The van der Waals surface area contributed by atoms with E-state index in [4.69, 9.17) is 25.7 Å². The Morgan fingerprint density at radius 1 is 1.26 bits per heavy atom. The van der Waals surface area contributed by atoms with E-state index in [2.05, 4.69) is 0 Å². The quantitative estimate of drug-likeness (QED) is 0.451. The molecule has 1 aliphatic rings. The highest BCUT2D eigenvalue weighted by atomic mass is 16.8. The van der Waals surface area contributed by atoms with Gasteiger partial charge in [0.05, 0.1) is 6.61 Å². The van der Waals surface area contributed by atoms with Crippen molar-refractivity contribution >= 4 is 11.4 Å². The number of rotatable bonds is 3. The molecule has 7 heteroatoms. The van der Waals surface area contributed by atoms with Crippen molar-refractivity contribution in [2.24, 2.45) is 0 Å². The molecule has 0 aromatic heterocycles. The number of aliphatic hydroxyl groups is 2. The fraction of sp³-hybridized carbons (Fsp3) is 0.500. The zero-order valence-corrected chi connectivity index (χ0v) is 10.8. The largest absolute Gasteiger partial charge is 0.437 e. The van der Waals surface area contributed by atoms with Gasteiger partial charge in [-0.1, -0.05) is 0 Å². The SMILES string of the molecule is CC1(C)OCC(C(O)(O)Oc2cc(N)cc(N)c2)O1. The first kappa shape index (κ1) is 13.9. The summed E-state index contributed by atoms with van der Waals surface area (Å²) < 4.78 is 15.7. The molecule has 1 aromatic rings. The highest BCUT2D eigenvalue weighted by Gasteiger charge is 2.47. The van der Waals surface area contributed by atoms with Crippen LogP contribution in [0.5, 0.6) is 5.75 Å². The molecule has 0 saturated carbocycles. The zero-order chi connectivity index (χ0) is 14.3. The van der Waals surface area contributed by atoms with Crippen LogP contribution >= 0.6 is 0 Å². The van der Waals surface area contributed by atoms with Gasteiger partial charge in [0.25, 0.3) is 0 Å². The second-order valence-electron chi connectivity index (χ2n) is 4.91. The van der Waals surface area contributed by atoms with Gasteiger partial charge in [-0.15, -0.1) is 0 Å². The summed E-state index contributed by atoms with van der Waals surface area (Å²) in [5.74, 6) is -3.29. The third kappa shape index (κ3) is 3.27. The maximum atomic E-state index is 9.93. The lowest BCUT2D eigenvalue weighted by Crippen LogP contribution is -2.49. The first-order valence-electron chi connectivity index (χ1n) is 5.79. The minimum atomic E-state index is -2.53. The number of nitrogen functional groups attached to an aromatic ring is 2. The van der Waals surface area contributed by atoms with Crippen molar-refractivity contribution in [1.29, 1.82) is 0 Å². The summed E-state index contributed by atoms with van der Waals surface area (Å²) in [6, 6.07) is 4.39. The summed E-state index contributed by atoms with van der Waals surface area (Å²) in [6.45, 7) is 3.33. The average Bonchev–Trinajstić information content (AvgIpc) is 2.57. The van der Waals surface area contributed by atoms with Crippen LogP contribution in [0.1, 0.15) is 13.8 Å². The standard InChI is InChI=1S/C12H18N2O5/c1-11(2)17-6-10(19-11)12(15,16)18-9-4-7(13)3-8(14)5-9/h3-5,10,15-16H,6,13-14H2,1-2H3. The summed E-state index contributed by atoms with van der Waals surface area (Å²) >= 11 is 0. The number of benzene rings is 1. The van der Waals surface area contributed by atoms with E-state index in [0.29, 0.717) is 11.4 Å². The van der Waals surface area contributed by atoms with E-state index >= 15 is 0 Å². The van der Waals surface area contributed by atoms with E-state index < -0.39 is 17.9 Å². The van der Waals surface area contributed by atoms with Gasteiger partial charge in [0.1, 0.15) is 5.75 Å². The summed E-state index contributed by atoms with van der Waals surface area (Å²) in [4.78, 5) is 0. The summed E-state index contributed by atoms with van der Waals surface area (Å²) in [5.41, 5.74) is 11.9. The molecule has 0 radical (unpaired) electrons. The maximum absolute atomic E-state index is 9.93. The first-order valence-corrected chi connectivity index (χ1v) is 5.79. The molecule has 1 aromatic carbocycles. The van der Waals surface area contributed by atoms with Crippen LogP contribution in [0.3, 0.4) is 0 Å². The van der Waals surface area contributed by atoms with Crippen LogP contribution in [0.4, 0.5) is 11.4 Å². The molecule has 0 spiro atoms. The number of hydrogen-bond acceptors (Lipinski definition) is 7. The second-order valence-corrected chi connectivity index (χ2v) is 4.91. The Morgan fingerprint density at radius 3 is 2.32 bits per heavy atom. The molecule has 0 aliphatic carbocycles. The van der Waals surface area contributed by atoms with Crippen molar-refractivity contribution in [1.82, 2.24) is 0 Å². The first-order chi connectivity index (χ1) is 8.68. The lowest BCUT2D eigenvalue weighted by molar-refractivity contribution is -0.343. The van der Waals surface area contributed by atoms with Crippen LogP contribution in [0, 0.1) is 0 Å². The van der Waals surface area contributed by atoms with Crippen LogP contribution in [0.2, 0.25) is 0 Å². The van der Waals surface area contributed by atoms with Gasteiger partial charge in [-0.3, -0.25) is 0 Å². The van der Waals surface area contributed by atoms with Crippen LogP contribution in [-0.4, -0.2) is 34.7 Å². The summed E-state index contributed by atoms with van der Waals surface area (Å²) in [7, 11) is 0. The molecule has 1 atom stereocenters. The molecule has 1 aliphatic heterocycles. The Kier molecular flexibility index (Phi) is 3.31. The van der Waals surface area contributed by atoms with Crippen LogP contribution in [0.15, 0.2) is 18.2 Å². The van der Waals surface area contributed by atoms with E-state index in [1.54, 1.807) is 13.8 Å². The predicted octanol–water partition coefficient (Wildman–Crippen LogP) is 0.0197. The Morgan fingerprint density at radius 2 is 1.84 bits per heavy atom. The minimum Gasteiger partial charge on any atom is -0.437 e. The summed E-state index contributed by atoms with van der Waals surface area (Å²) in [6.07, 6.45) is -1.04. The second kappa shape index (κ2) is 4.53. The fourth-order valence-electron chi connectivity index (χ4n) is 1.82. The van der Waals surface area contributed by atoms with Crippen molar-refractivity contribution in [2.75, 3.05) is 18.1 Å². The highest BCUT2D eigenvalue weighted by Crippen LogP contribution is 2.30. The lowest BCUT2D eigenvalue weighted by Gasteiger charge is -2.28. The molecule has 6 N–H and O–H groups in total. The maximum Gasteiger partial charge on any atom is 0.352 e. The molecule has 1 unspecified atom stereocenters. The van der Waals surface area contributed by atoms with Gasteiger partial charge >= 0.3 is 5.97 Å².